The van der Waals surface area contributed by atoms with Gasteiger partial charge in [-0.2, -0.15) is 13.2 Å². The number of nitrogens with zero attached hydrogens (tertiary/aromatic N) is 1. The Morgan fingerprint density at radius 2 is 2.03 bits per heavy atom. The number of hydrogen-bond acceptors (Lipinski definition) is 4. The fraction of sp³-hybridized carbons (Fsp3) is 0.381. The van der Waals surface area contributed by atoms with Crippen LogP contribution in [0, 0.1) is 5.92 Å². The average molecular weight is 455 g/mol. The molecule has 2 amide bonds. The molecule has 1 aromatic carbocycles. The van der Waals surface area contributed by atoms with E-state index in [2.05, 4.69) is 20.9 Å². The minimum atomic E-state index is -4.58. The van der Waals surface area contributed by atoms with E-state index in [-0.39, 0.29) is 36.4 Å². The van der Waals surface area contributed by atoms with Gasteiger partial charge in [0, 0.05) is 29.5 Å². The summed E-state index contributed by atoms with van der Waals surface area (Å²) in [5.41, 5.74) is 0.410. The van der Waals surface area contributed by atoms with E-state index in [1.165, 1.54) is 12.1 Å². The minimum Gasteiger partial charge on any atom is -0.352 e. The number of nitrogens with one attached hydrogen (secondary N) is 3. The van der Waals surface area contributed by atoms with E-state index in [0.717, 1.165) is 11.6 Å². The third-order valence-corrected chi connectivity index (χ3v) is 5.19. The van der Waals surface area contributed by atoms with Crippen LogP contribution in [0.1, 0.15) is 55.0 Å². The summed E-state index contributed by atoms with van der Waals surface area (Å²) in [6.07, 6.45) is -5.37. The average Bonchev–Trinajstić information content (AvgIpc) is 2.71. The number of alkyl halides is 3. The van der Waals surface area contributed by atoms with Crippen LogP contribution in [-0.2, 0) is 22.3 Å². The first-order valence-electron chi connectivity index (χ1n) is 9.70. The van der Waals surface area contributed by atoms with E-state index in [4.69, 9.17) is 11.6 Å². The lowest BCUT2D eigenvalue weighted by Crippen LogP contribution is -2.47. The van der Waals surface area contributed by atoms with Gasteiger partial charge in [0.1, 0.15) is 11.9 Å². The molecule has 31 heavy (non-hydrogen) atoms. The molecule has 166 valence electrons. The van der Waals surface area contributed by atoms with Gasteiger partial charge in [-0.05, 0) is 29.8 Å². The number of halogens is 4. The van der Waals surface area contributed by atoms with Crippen molar-refractivity contribution in [1.29, 1.82) is 0 Å². The molecule has 2 heterocycles. The largest absolute Gasteiger partial charge is 0.433 e. The number of rotatable bonds is 5. The van der Waals surface area contributed by atoms with Crippen molar-refractivity contribution in [3.8, 4) is 0 Å². The standard InChI is InChI=1S/C21H22ClF3N4O2/c1-11(2)20(31)26-10-12-6-7-14(22)13(8-12)19-28-16(9-18(30)29-19)15-4-3-5-17(27-15)21(23,24)25/h3-8,11,16,19,28H,9-10H2,1-2H3,(H,26,31)(H,29,30). The Kier molecular flexibility index (Phi) is 6.86. The maximum absolute atomic E-state index is 13.0. The van der Waals surface area contributed by atoms with Crippen LogP contribution < -0.4 is 16.0 Å². The summed E-state index contributed by atoms with van der Waals surface area (Å²) in [4.78, 5) is 27.8. The van der Waals surface area contributed by atoms with Crippen LogP contribution in [0.15, 0.2) is 36.4 Å². The summed E-state index contributed by atoms with van der Waals surface area (Å²) in [5, 5.41) is 9.04. The van der Waals surface area contributed by atoms with E-state index < -0.39 is 24.1 Å². The van der Waals surface area contributed by atoms with Gasteiger partial charge in [0.05, 0.1) is 11.7 Å². The lowest BCUT2D eigenvalue weighted by atomic mass is 10.0. The molecule has 1 fully saturated rings. The van der Waals surface area contributed by atoms with Crippen molar-refractivity contribution in [2.45, 2.75) is 45.2 Å². The molecule has 2 aromatic rings. The molecule has 0 saturated carbocycles. The molecule has 10 heteroatoms. The third kappa shape index (κ3) is 5.74. The van der Waals surface area contributed by atoms with Gasteiger partial charge in [0.15, 0.2) is 0 Å². The lowest BCUT2D eigenvalue weighted by Gasteiger charge is -2.32. The van der Waals surface area contributed by atoms with Crippen molar-refractivity contribution in [3.05, 3.63) is 63.9 Å². The van der Waals surface area contributed by atoms with Crippen molar-refractivity contribution < 1.29 is 22.8 Å². The van der Waals surface area contributed by atoms with Gasteiger partial charge in [-0.1, -0.05) is 37.6 Å². The van der Waals surface area contributed by atoms with Crippen LogP contribution in [-0.4, -0.2) is 16.8 Å². The molecule has 6 nitrogen and oxygen atoms in total. The van der Waals surface area contributed by atoms with Gasteiger partial charge in [-0.3, -0.25) is 14.9 Å². The first-order valence-corrected chi connectivity index (χ1v) is 10.1. The van der Waals surface area contributed by atoms with Crippen LogP contribution in [0.3, 0.4) is 0 Å². The van der Waals surface area contributed by atoms with E-state index in [0.29, 0.717) is 10.6 Å². The second-order valence-electron chi connectivity index (χ2n) is 7.60. The van der Waals surface area contributed by atoms with E-state index in [1.807, 2.05) is 0 Å². The zero-order valence-electron chi connectivity index (χ0n) is 16.9. The molecule has 1 aliphatic heterocycles. The summed E-state index contributed by atoms with van der Waals surface area (Å²) in [6.45, 7) is 3.85. The molecule has 0 spiro atoms. The topological polar surface area (TPSA) is 83.1 Å². The number of hydrogen-bond donors (Lipinski definition) is 3. The number of carbonyl (C=O) groups is 2. The molecule has 0 radical (unpaired) electrons. The maximum atomic E-state index is 13.0. The van der Waals surface area contributed by atoms with Crippen molar-refractivity contribution >= 4 is 23.4 Å². The van der Waals surface area contributed by atoms with Gasteiger partial charge < -0.3 is 10.6 Å². The quantitative estimate of drug-likeness (QED) is 0.640. The summed E-state index contributed by atoms with van der Waals surface area (Å²) < 4.78 is 39.1. The Bertz CT molecular complexity index is 981. The molecule has 1 aromatic heterocycles. The number of benzene rings is 1. The smallest absolute Gasteiger partial charge is 0.352 e. The summed E-state index contributed by atoms with van der Waals surface area (Å²) in [6, 6.07) is 8.01. The van der Waals surface area contributed by atoms with Crippen molar-refractivity contribution in [3.63, 3.8) is 0 Å². The van der Waals surface area contributed by atoms with E-state index >= 15 is 0 Å². The van der Waals surface area contributed by atoms with Crippen molar-refractivity contribution in [1.82, 2.24) is 20.9 Å². The normalized spacial score (nSPS) is 19.3. The monoisotopic (exact) mass is 454 g/mol. The zero-order chi connectivity index (χ0) is 22.8. The molecule has 0 aliphatic carbocycles. The zero-order valence-corrected chi connectivity index (χ0v) is 17.6. The maximum Gasteiger partial charge on any atom is 0.433 e. The highest BCUT2D eigenvalue weighted by Crippen LogP contribution is 2.32. The lowest BCUT2D eigenvalue weighted by molar-refractivity contribution is -0.141. The number of aromatic nitrogens is 1. The number of carbonyl (C=O) groups excluding carboxylic acids is 2. The molecule has 3 rings (SSSR count). The highest BCUT2D eigenvalue weighted by molar-refractivity contribution is 6.31. The summed E-state index contributed by atoms with van der Waals surface area (Å²) in [5.74, 6) is -0.606. The van der Waals surface area contributed by atoms with Crippen molar-refractivity contribution in [2.75, 3.05) is 0 Å². The van der Waals surface area contributed by atoms with Crippen molar-refractivity contribution in [2.24, 2.45) is 5.92 Å². The molecule has 1 saturated heterocycles. The summed E-state index contributed by atoms with van der Waals surface area (Å²) >= 11 is 6.33. The molecule has 2 atom stereocenters. The van der Waals surface area contributed by atoms with E-state index in [1.54, 1.807) is 32.0 Å². The van der Waals surface area contributed by atoms with Crippen LogP contribution in [0.2, 0.25) is 5.02 Å². The third-order valence-electron chi connectivity index (χ3n) is 4.84. The fourth-order valence-electron chi connectivity index (χ4n) is 3.19. The van der Waals surface area contributed by atoms with Gasteiger partial charge in [-0.25, -0.2) is 4.98 Å². The molecular weight excluding hydrogens is 433 g/mol. The first-order chi connectivity index (χ1) is 14.5. The first kappa shape index (κ1) is 23.0. The number of pyridine rings is 1. The SMILES string of the molecule is CC(C)C(=O)NCc1ccc(Cl)c(C2NC(=O)CC(c3cccc(C(F)(F)F)n3)N2)c1. The fourth-order valence-corrected chi connectivity index (χ4v) is 3.41. The Morgan fingerprint density at radius 1 is 1.29 bits per heavy atom. The second kappa shape index (κ2) is 9.23. The van der Waals surface area contributed by atoms with Crippen LogP contribution in [0.4, 0.5) is 13.2 Å². The Hall–Kier alpha value is -2.65. The second-order valence-corrected chi connectivity index (χ2v) is 8.00. The van der Waals surface area contributed by atoms with Gasteiger partial charge in [0.2, 0.25) is 11.8 Å². The minimum absolute atomic E-state index is 0.0629. The molecule has 1 aliphatic rings. The number of amides is 2. The van der Waals surface area contributed by atoms with Crippen LogP contribution in [0.5, 0.6) is 0 Å². The Labute approximate surface area is 182 Å². The van der Waals surface area contributed by atoms with Gasteiger partial charge >= 0.3 is 6.18 Å². The van der Waals surface area contributed by atoms with Crippen LogP contribution >= 0.6 is 11.6 Å². The highest BCUT2D eigenvalue weighted by Gasteiger charge is 2.35. The van der Waals surface area contributed by atoms with Crippen LogP contribution in [0.25, 0.3) is 0 Å². The highest BCUT2D eigenvalue weighted by atomic mass is 35.5. The predicted molar refractivity (Wildman–Crippen MR) is 109 cm³/mol. The van der Waals surface area contributed by atoms with Gasteiger partial charge in [0.25, 0.3) is 0 Å². The Morgan fingerprint density at radius 3 is 2.71 bits per heavy atom. The molecule has 3 N–H and O–H groups in total. The Balaban J connectivity index is 1.82. The molecular formula is C21H22ClF3N4O2. The molecule has 2 unspecified atom stereocenters. The predicted octanol–water partition coefficient (Wildman–Crippen LogP) is 3.88. The summed E-state index contributed by atoms with van der Waals surface area (Å²) in [7, 11) is 0. The molecule has 0 bridgehead atoms. The van der Waals surface area contributed by atoms with Gasteiger partial charge in [-0.15, -0.1) is 0 Å². The van der Waals surface area contributed by atoms with E-state index in [9.17, 15) is 22.8 Å².